The molecule has 0 bridgehead atoms. The summed E-state index contributed by atoms with van der Waals surface area (Å²) in [7, 11) is 0. The number of nitrogens with zero attached hydrogens (tertiary/aromatic N) is 1. The second-order valence-corrected chi connectivity index (χ2v) is 4.41. The summed E-state index contributed by atoms with van der Waals surface area (Å²) in [6.45, 7) is 6.59. The van der Waals surface area contributed by atoms with Crippen molar-refractivity contribution in [2.24, 2.45) is 11.7 Å². The molecule has 1 heterocycles. The van der Waals surface area contributed by atoms with Gasteiger partial charge in [-0.05, 0) is 5.92 Å². The molecule has 3 nitrogen and oxygen atoms in total. The predicted octanol–water partition coefficient (Wildman–Crippen LogP) is 1.47. The molecule has 0 amide bonds. The molecule has 2 N–H and O–H groups in total. The molecule has 0 radical (unpaired) electrons. The van der Waals surface area contributed by atoms with Crippen LogP contribution in [0.5, 0.6) is 0 Å². The fourth-order valence-corrected chi connectivity index (χ4v) is 2.20. The van der Waals surface area contributed by atoms with Crippen molar-refractivity contribution in [3.8, 4) is 0 Å². The van der Waals surface area contributed by atoms with Crippen LogP contribution in [0, 0.1) is 5.92 Å². The lowest BCUT2D eigenvalue weighted by Gasteiger charge is -2.33. The van der Waals surface area contributed by atoms with Gasteiger partial charge in [-0.15, -0.1) is 0 Å². The standard InChI is InChI=1S/C10H16N2O/c1-6(2)10(3)7-5-12-13-8(7)4-9(10)11/h5-6,9H,4,11H2,1-3H3/t9-,10?/m1/s1. The third-order valence-corrected chi connectivity index (χ3v) is 3.60. The maximum atomic E-state index is 6.12. The molecule has 0 saturated carbocycles. The van der Waals surface area contributed by atoms with Crippen LogP contribution in [0.25, 0.3) is 0 Å². The molecule has 72 valence electrons. The van der Waals surface area contributed by atoms with Gasteiger partial charge in [-0.25, -0.2) is 0 Å². The highest BCUT2D eigenvalue weighted by atomic mass is 16.5. The summed E-state index contributed by atoms with van der Waals surface area (Å²) < 4.78 is 5.16. The Morgan fingerprint density at radius 3 is 3.00 bits per heavy atom. The predicted molar refractivity (Wildman–Crippen MR) is 50.4 cm³/mol. The van der Waals surface area contributed by atoms with Crippen molar-refractivity contribution in [2.75, 3.05) is 0 Å². The van der Waals surface area contributed by atoms with Gasteiger partial charge in [0.25, 0.3) is 0 Å². The van der Waals surface area contributed by atoms with Crippen LogP contribution in [0.4, 0.5) is 0 Å². The van der Waals surface area contributed by atoms with Crippen LogP contribution in [0.15, 0.2) is 10.7 Å². The van der Waals surface area contributed by atoms with E-state index in [1.165, 1.54) is 5.56 Å². The molecule has 1 unspecified atom stereocenters. The van der Waals surface area contributed by atoms with Crippen LogP contribution in [0.3, 0.4) is 0 Å². The molecule has 2 atom stereocenters. The smallest absolute Gasteiger partial charge is 0.142 e. The number of fused-ring (bicyclic) bond motifs is 1. The number of hydrogen-bond acceptors (Lipinski definition) is 3. The van der Waals surface area contributed by atoms with Crippen molar-refractivity contribution in [1.82, 2.24) is 5.16 Å². The zero-order valence-electron chi connectivity index (χ0n) is 8.37. The average Bonchev–Trinajstić information content (AvgIpc) is 2.57. The van der Waals surface area contributed by atoms with Gasteiger partial charge in [-0.1, -0.05) is 25.9 Å². The van der Waals surface area contributed by atoms with E-state index in [9.17, 15) is 0 Å². The summed E-state index contributed by atoms with van der Waals surface area (Å²) in [5.41, 5.74) is 7.36. The Balaban J connectivity index is 2.50. The molecule has 1 aromatic heterocycles. The molecular formula is C10H16N2O. The Morgan fingerprint density at radius 1 is 1.69 bits per heavy atom. The highest BCUT2D eigenvalue weighted by molar-refractivity contribution is 5.34. The van der Waals surface area contributed by atoms with E-state index in [1.54, 1.807) is 0 Å². The number of rotatable bonds is 1. The summed E-state index contributed by atoms with van der Waals surface area (Å²) in [5, 5.41) is 3.83. The molecule has 0 aromatic carbocycles. The van der Waals surface area contributed by atoms with Crippen LogP contribution in [0.1, 0.15) is 32.1 Å². The highest BCUT2D eigenvalue weighted by Crippen LogP contribution is 2.42. The van der Waals surface area contributed by atoms with Crippen molar-refractivity contribution < 1.29 is 4.52 Å². The van der Waals surface area contributed by atoms with E-state index in [0.717, 1.165) is 12.2 Å². The number of hydrogen-bond donors (Lipinski definition) is 1. The van der Waals surface area contributed by atoms with E-state index in [4.69, 9.17) is 10.3 Å². The first-order chi connectivity index (χ1) is 6.06. The van der Waals surface area contributed by atoms with Crippen molar-refractivity contribution in [3.63, 3.8) is 0 Å². The van der Waals surface area contributed by atoms with Gasteiger partial charge in [0, 0.05) is 23.4 Å². The van der Waals surface area contributed by atoms with Crippen molar-refractivity contribution in [1.29, 1.82) is 0 Å². The molecule has 0 aliphatic heterocycles. The van der Waals surface area contributed by atoms with E-state index in [1.807, 2.05) is 6.20 Å². The Hall–Kier alpha value is -0.830. The molecule has 0 fully saturated rings. The summed E-state index contributed by atoms with van der Waals surface area (Å²) in [6, 6.07) is 0.171. The van der Waals surface area contributed by atoms with Crippen molar-refractivity contribution >= 4 is 0 Å². The minimum Gasteiger partial charge on any atom is -0.361 e. The van der Waals surface area contributed by atoms with Gasteiger partial charge in [-0.2, -0.15) is 0 Å². The van der Waals surface area contributed by atoms with Gasteiger partial charge in [0.1, 0.15) is 5.76 Å². The molecule has 1 aliphatic rings. The summed E-state index contributed by atoms with van der Waals surface area (Å²) in [4.78, 5) is 0. The second kappa shape index (κ2) is 2.58. The topological polar surface area (TPSA) is 52.0 Å². The van der Waals surface area contributed by atoms with Crippen LogP contribution < -0.4 is 5.73 Å². The molecular weight excluding hydrogens is 164 g/mol. The van der Waals surface area contributed by atoms with Gasteiger partial charge >= 0.3 is 0 Å². The van der Waals surface area contributed by atoms with E-state index < -0.39 is 0 Å². The molecule has 2 rings (SSSR count). The van der Waals surface area contributed by atoms with E-state index in [-0.39, 0.29) is 11.5 Å². The van der Waals surface area contributed by atoms with E-state index >= 15 is 0 Å². The molecule has 1 aliphatic carbocycles. The lowest BCUT2D eigenvalue weighted by Crippen LogP contribution is -2.43. The van der Waals surface area contributed by atoms with Gasteiger partial charge in [0.05, 0.1) is 6.20 Å². The largest absolute Gasteiger partial charge is 0.361 e. The number of nitrogens with two attached hydrogens (primary N) is 1. The Kier molecular flexibility index (Phi) is 1.74. The Labute approximate surface area is 78.3 Å². The third-order valence-electron chi connectivity index (χ3n) is 3.60. The average molecular weight is 180 g/mol. The summed E-state index contributed by atoms with van der Waals surface area (Å²) >= 11 is 0. The van der Waals surface area contributed by atoms with Gasteiger partial charge < -0.3 is 10.3 Å². The van der Waals surface area contributed by atoms with Gasteiger partial charge in [-0.3, -0.25) is 0 Å². The number of aromatic nitrogens is 1. The van der Waals surface area contributed by atoms with E-state index in [2.05, 4.69) is 25.9 Å². The monoisotopic (exact) mass is 180 g/mol. The fourth-order valence-electron chi connectivity index (χ4n) is 2.20. The first kappa shape index (κ1) is 8.75. The highest BCUT2D eigenvalue weighted by Gasteiger charge is 2.45. The maximum absolute atomic E-state index is 6.12. The van der Waals surface area contributed by atoms with Crippen molar-refractivity contribution in [3.05, 3.63) is 17.5 Å². The molecule has 1 aromatic rings. The minimum atomic E-state index is 0.0370. The first-order valence-corrected chi connectivity index (χ1v) is 4.76. The van der Waals surface area contributed by atoms with Gasteiger partial charge in [0.2, 0.25) is 0 Å². The Bertz CT molecular complexity index is 318. The minimum absolute atomic E-state index is 0.0370. The van der Waals surface area contributed by atoms with Crippen LogP contribution in [0.2, 0.25) is 0 Å². The van der Waals surface area contributed by atoms with Crippen molar-refractivity contribution in [2.45, 2.75) is 38.6 Å². The Morgan fingerprint density at radius 2 is 2.38 bits per heavy atom. The molecule has 3 heteroatoms. The zero-order chi connectivity index (χ0) is 9.64. The lowest BCUT2D eigenvalue weighted by atomic mass is 9.73. The normalized spacial score (nSPS) is 32.5. The summed E-state index contributed by atoms with van der Waals surface area (Å²) in [5.74, 6) is 1.49. The lowest BCUT2D eigenvalue weighted by molar-refractivity contribution is 0.291. The van der Waals surface area contributed by atoms with Crippen LogP contribution in [-0.4, -0.2) is 11.2 Å². The molecule has 0 saturated heterocycles. The SMILES string of the molecule is CC(C)C1(C)c2cnoc2C[C@H]1N. The fraction of sp³-hybridized carbons (Fsp3) is 0.700. The molecule has 0 spiro atoms. The van der Waals surface area contributed by atoms with Crippen LogP contribution >= 0.6 is 0 Å². The van der Waals surface area contributed by atoms with Gasteiger partial charge in [0.15, 0.2) is 0 Å². The first-order valence-electron chi connectivity index (χ1n) is 4.76. The van der Waals surface area contributed by atoms with E-state index in [0.29, 0.717) is 5.92 Å². The second-order valence-electron chi connectivity index (χ2n) is 4.41. The quantitative estimate of drug-likeness (QED) is 0.712. The molecule has 13 heavy (non-hydrogen) atoms. The maximum Gasteiger partial charge on any atom is 0.142 e. The van der Waals surface area contributed by atoms with Crippen LogP contribution in [-0.2, 0) is 11.8 Å². The summed E-state index contributed by atoms with van der Waals surface area (Å²) in [6.07, 6.45) is 2.65. The zero-order valence-corrected chi connectivity index (χ0v) is 8.37. The third kappa shape index (κ3) is 0.967.